The van der Waals surface area contributed by atoms with Crippen molar-refractivity contribution in [2.75, 3.05) is 21.3 Å². The summed E-state index contributed by atoms with van der Waals surface area (Å²) in [5.74, 6) is 2.59. The summed E-state index contributed by atoms with van der Waals surface area (Å²) in [5.41, 5.74) is 0. The Bertz CT molecular complexity index is 730. The normalized spacial score (nSPS) is 11.1. The molecular formula is C21H21IO3P+. The van der Waals surface area contributed by atoms with Crippen LogP contribution in [0.15, 0.2) is 72.8 Å². The second kappa shape index (κ2) is 8.28. The average Bonchev–Trinajstić information content (AvgIpc) is 2.73. The molecule has 0 spiro atoms. The molecule has 3 nitrogen and oxygen atoms in total. The fourth-order valence-electron chi connectivity index (χ4n) is 2.81. The van der Waals surface area contributed by atoms with Gasteiger partial charge in [-0.1, -0.05) is 0 Å². The molecule has 0 aliphatic carbocycles. The van der Waals surface area contributed by atoms with Crippen LogP contribution in [0.5, 0.6) is 17.2 Å². The molecule has 0 saturated heterocycles. The molecule has 0 amide bonds. The molecule has 0 aromatic heterocycles. The van der Waals surface area contributed by atoms with E-state index in [9.17, 15) is 0 Å². The van der Waals surface area contributed by atoms with Crippen molar-refractivity contribution >= 4 is 42.9 Å². The fourth-order valence-corrected chi connectivity index (χ4v) is 8.28. The summed E-state index contributed by atoms with van der Waals surface area (Å²) in [5, 5.41) is 3.86. The van der Waals surface area contributed by atoms with E-state index in [0.29, 0.717) is 0 Å². The molecular weight excluding hydrogens is 458 g/mol. The molecule has 0 heterocycles. The van der Waals surface area contributed by atoms with Gasteiger partial charge in [-0.05, 0) is 72.8 Å². The Morgan fingerprint density at radius 3 is 0.923 bits per heavy atom. The van der Waals surface area contributed by atoms with Gasteiger partial charge in [0.15, 0.2) is 26.9 Å². The van der Waals surface area contributed by atoms with Crippen molar-refractivity contribution in [1.29, 1.82) is 0 Å². The zero-order valence-corrected chi connectivity index (χ0v) is 18.0. The zero-order chi connectivity index (χ0) is 18.6. The maximum atomic E-state index is 5.33. The van der Waals surface area contributed by atoms with Gasteiger partial charge in [-0.15, -0.1) is 0 Å². The maximum absolute atomic E-state index is 5.33. The second-order valence-electron chi connectivity index (χ2n) is 5.68. The van der Waals surface area contributed by atoms with Gasteiger partial charge in [0.2, 0.25) is 0 Å². The summed E-state index contributed by atoms with van der Waals surface area (Å²) >= 11 is 2.63. The van der Waals surface area contributed by atoms with Crippen LogP contribution in [-0.2, 0) is 0 Å². The standard InChI is InChI=1S/C21H21IO3P/c1-23-16-4-10-19(11-5-16)26(22,20-12-6-17(24-2)7-13-20)21-14-8-18(25-3)9-15-21/h4-15H,1-3H3/q+1. The minimum Gasteiger partial charge on any atom is -0.497 e. The fraction of sp³-hybridized carbons (Fsp3) is 0.143. The largest absolute Gasteiger partial charge is 0.497 e. The lowest BCUT2D eigenvalue weighted by Gasteiger charge is -2.21. The summed E-state index contributed by atoms with van der Waals surface area (Å²) in [7, 11) is 5.07. The molecule has 0 N–H and O–H groups in total. The van der Waals surface area contributed by atoms with Gasteiger partial charge in [-0.3, -0.25) is 0 Å². The summed E-state index contributed by atoms with van der Waals surface area (Å²) < 4.78 is 16.0. The molecule has 3 rings (SSSR count). The molecule has 0 radical (unpaired) electrons. The number of hydrogen-bond acceptors (Lipinski definition) is 3. The van der Waals surface area contributed by atoms with Crippen molar-refractivity contribution in [2.24, 2.45) is 0 Å². The van der Waals surface area contributed by atoms with Crippen molar-refractivity contribution in [2.45, 2.75) is 0 Å². The Morgan fingerprint density at radius 1 is 0.500 bits per heavy atom. The van der Waals surface area contributed by atoms with Crippen LogP contribution < -0.4 is 30.1 Å². The summed E-state index contributed by atoms with van der Waals surface area (Å²) in [4.78, 5) is -1.81. The van der Waals surface area contributed by atoms with Crippen LogP contribution in [0.1, 0.15) is 0 Å². The lowest BCUT2D eigenvalue weighted by molar-refractivity contribution is 0.415. The quantitative estimate of drug-likeness (QED) is 0.389. The number of halogens is 1. The van der Waals surface area contributed by atoms with Crippen molar-refractivity contribution in [3.8, 4) is 17.2 Å². The Kier molecular flexibility index (Phi) is 6.05. The Morgan fingerprint density at radius 2 is 0.731 bits per heavy atom. The van der Waals surface area contributed by atoms with E-state index in [-0.39, 0.29) is 0 Å². The van der Waals surface area contributed by atoms with E-state index in [2.05, 4.69) is 58.4 Å². The van der Waals surface area contributed by atoms with E-state index in [4.69, 9.17) is 14.2 Å². The van der Waals surface area contributed by atoms with Crippen LogP contribution in [-0.4, -0.2) is 21.3 Å². The zero-order valence-electron chi connectivity index (χ0n) is 15.0. The van der Waals surface area contributed by atoms with Crippen LogP contribution in [0, 0.1) is 0 Å². The minimum absolute atomic E-state index is 0.862. The number of hydrogen-bond donors (Lipinski definition) is 0. The average molecular weight is 479 g/mol. The highest BCUT2D eigenvalue weighted by molar-refractivity contribution is 14.2. The number of benzene rings is 3. The molecule has 5 heteroatoms. The van der Waals surface area contributed by atoms with E-state index in [0.717, 1.165) is 17.2 Å². The van der Waals surface area contributed by atoms with Gasteiger partial charge in [0, 0.05) is 0 Å². The molecule has 3 aromatic rings. The molecule has 0 bridgehead atoms. The molecule has 0 fully saturated rings. The van der Waals surface area contributed by atoms with Gasteiger partial charge in [-0.25, -0.2) is 0 Å². The first-order valence-electron chi connectivity index (χ1n) is 8.14. The van der Waals surface area contributed by atoms with Gasteiger partial charge < -0.3 is 14.2 Å². The Balaban J connectivity index is 2.15. The number of rotatable bonds is 6. The third-order valence-corrected chi connectivity index (χ3v) is 12.3. The lowest BCUT2D eigenvalue weighted by Crippen LogP contribution is -2.26. The molecule has 134 valence electrons. The van der Waals surface area contributed by atoms with E-state index >= 15 is 0 Å². The van der Waals surface area contributed by atoms with Gasteiger partial charge in [-0.2, -0.15) is 0 Å². The number of methoxy groups -OCH3 is 3. The Hall–Kier alpha value is -1.78. The van der Waals surface area contributed by atoms with Crippen LogP contribution in [0.25, 0.3) is 0 Å². The molecule has 3 aromatic carbocycles. The summed E-state index contributed by atoms with van der Waals surface area (Å²) in [6.45, 7) is 0. The van der Waals surface area contributed by atoms with Gasteiger partial charge in [0.05, 0.1) is 21.3 Å². The first-order chi connectivity index (χ1) is 12.6. The molecule has 0 unspecified atom stereocenters. The second-order valence-corrected chi connectivity index (χ2v) is 12.8. The number of ether oxygens (including phenoxy) is 3. The van der Waals surface area contributed by atoms with Crippen LogP contribution in [0.4, 0.5) is 0 Å². The molecule has 0 aliphatic rings. The molecule has 0 saturated carbocycles. The first kappa shape index (κ1) is 19.0. The van der Waals surface area contributed by atoms with Crippen molar-refractivity contribution in [3.63, 3.8) is 0 Å². The van der Waals surface area contributed by atoms with Gasteiger partial charge >= 0.3 is 0 Å². The van der Waals surface area contributed by atoms with Crippen molar-refractivity contribution in [1.82, 2.24) is 0 Å². The monoisotopic (exact) mass is 479 g/mol. The smallest absolute Gasteiger partial charge is 0.173 e. The van der Waals surface area contributed by atoms with Gasteiger partial charge in [0.1, 0.15) is 33.2 Å². The molecule has 26 heavy (non-hydrogen) atoms. The van der Waals surface area contributed by atoms with E-state index in [1.807, 2.05) is 36.4 Å². The lowest BCUT2D eigenvalue weighted by atomic mass is 10.3. The van der Waals surface area contributed by atoms with Crippen LogP contribution in [0.3, 0.4) is 0 Å². The maximum Gasteiger partial charge on any atom is 0.173 e. The van der Waals surface area contributed by atoms with Crippen LogP contribution >= 0.6 is 26.9 Å². The third-order valence-electron chi connectivity index (χ3n) is 4.28. The third kappa shape index (κ3) is 3.67. The summed E-state index contributed by atoms with van der Waals surface area (Å²) in [6.07, 6.45) is 0. The Labute approximate surface area is 168 Å². The highest BCUT2D eigenvalue weighted by atomic mass is 127. The predicted octanol–water partition coefficient (Wildman–Crippen LogP) is 4.36. The van der Waals surface area contributed by atoms with E-state index in [1.54, 1.807) is 21.3 Å². The van der Waals surface area contributed by atoms with E-state index < -0.39 is 4.90 Å². The van der Waals surface area contributed by atoms with E-state index in [1.165, 1.54) is 15.9 Å². The van der Waals surface area contributed by atoms with Crippen LogP contribution in [0.2, 0.25) is 0 Å². The van der Waals surface area contributed by atoms with Crippen molar-refractivity contribution < 1.29 is 14.2 Å². The SMILES string of the molecule is COc1ccc([P+](I)(c2ccc(OC)cc2)c2ccc(OC)cc2)cc1. The first-order valence-corrected chi connectivity index (χ1v) is 12.7. The highest BCUT2D eigenvalue weighted by Crippen LogP contribution is 2.63. The summed E-state index contributed by atoms with van der Waals surface area (Å²) in [6, 6.07) is 25.1. The highest BCUT2D eigenvalue weighted by Gasteiger charge is 2.43. The minimum atomic E-state index is -1.81. The van der Waals surface area contributed by atoms with Crippen molar-refractivity contribution in [3.05, 3.63) is 72.8 Å². The molecule has 0 atom stereocenters. The van der Waals surface area contributed by atoms with Gasteiger partial charge in [0.25, 0.3) is 0 Å². The molecule has 0 aliphatic heterocycles. The predicted molar refractivity (Wildman–Crippen MR) is 119 cm³/mol. The topological polar surface area (TPSA) is 27.7 Å².